The Morgan fingerprint density at radius 2 is 0.894 bits per heavy atom. The molecule has 0 heterocycles. The Morgan fingerprint density at radius 1 is 0.489 bits per heavy atom. The van der Waals surface area contributed by atoms with Crippen LogP contribution in [-0.2, 0) is 4.65 Å². The number of benzene rings is 5. The molecule has 0 fully saturated rings. The minimum Gasteiger partial charge on any atom is -0.414 e. The summed E-state index contributed by atoms with van der Waals surface area (Å²) < 4.78 is 154. The Labute approximate surface area is 261 Å². The molecule has 1 unspecified atom stereocenters. The van der Waals surface area contributed by atoms with Gasteiger partial charge in [0.2, 0.25) is 0 Å². The molecule has 1 aliphatic carbocycles. The molecule has 238 valence electrons. The van der Waals surface area contributed by atoms with Crippen molar-refractivity contribution in [2.75, 3.05) is 0 Å². The first-order chi connectivity index (χ1) is 22.3. The van der Waals surface area contributed by atoms with E-state index in [4.69, 9.17) is 9.65 Å². The first-order valence-corrected chi connectivity index (χ1v) is 13.9. The van der Waals surface area contributed by atoms with Crippen LogP contribution in [0, 0.1) is 72.0 Å². The molecule has 0 aromatic heterocycles. The maximum Gasteiger partial charge on any atom is 0.374 e. The molecule has 13 heteroatoms. The minimum atomic E-state index is -3.09. The number of aliphatic imine (C=N–C) groups is 1. The zero-order chi connectivity index (χ0) is 33.9. The maximum atomic E-state index is 15.4. The van der Waals surface area contributed by atoms with Gasteiger partial charge in [0.25, 0.3) is 0 Å². The smallest absolute Gasteiger partial charge is 0.374 e. The van der Waals surface area contributed by atoms with Gasteiger partial charge in [-0.3, -0.25) is 0 Å². The Balaban J connectivity index is 1.71. The average molecular weight is 657 g/mol. The van der Waals surface area contributed by atoms with E-state index in [1.54, 1.807) is 68.4 Å². The summed E-state index contributed by atoms with van der Waals surface area (Å²) in [6.45, 7) is 0.352. The van der Waals surface area contributed by atoms with E-state index in [1.807, 2.05) is 0 Å². The quantitative estimate of drug-likeness (QED) is 0.0806. The summed E-state index contributed by atoms with van der Waals surface area (Å²) in [5.74, 6) is -25.8. The van der Waals surface area contributed by atoms with Gasteiger partial charge in [-0.1, -0.05) is 66.7 Å². The molecule has 0 aliphatic heterocycles. The van der Waals surface area contributed by atoms with E-state index in [0.29, 0.717) is 33.5 Å². The number of aryl methyl sites for hydroxylation is 2. The van der Waals surface area contributed by atoms with Crippen molar-refractivity contribution in [2.24, 2.45) is 4.99 Å². The summed E-state index contributed by atoms with van der Waals surface area (Å²) >= 11 is 0. The molecule has 0 spiro atoms. The summed E-state index contributed by atoms with van der Waals surface area (Å²) in [4.78, 5) is 4.77. The van der Waals surface area contributed by atoms with E-state index in [-0.39, 0.29) is 11.3 Å². The zero-order valence-corrected chi connectivity index (χ0v) is 24.1. The summed E-state index contributed by atoms with van der Waals surface area (Å²) in [5, 5.41) is 0. The van der Waals surface area contributed by atoms with Gasteiger partial charge in [0, 0.05) is 16.5 Å². The number of halogens is 10. The normalized spacial score (nSPS) is 14.7. The van der Waals surface area contributed by atoms with Crippen molar-refractivity contribution in [3.63, 3.8) is 0 Å². The van der Waals surface area contributed by atoms with Gasteiger partial charge < -0.3 is 4.65 Å². The third-order valence-corrected chi connectivity index (χ3v) is 7.94. The average Bonchev–Trinajstić information content (AvgIpc) is 3.07. The van der Waals surface area contributed by atoms with Crippen LogP contribution in [0.15, 0.2) is 71.7 Å². The fraction of sp³-hybridized carbons (Fsp3) is 0.0882. The van der Waals surface area contributed by atoms with E-state index in [2.05, 4.69) is 0 Å². The van der Waals surface area contributed by atoms with Crippen LogP contribution >= 0.6 is 0 Å². The van der Waals surface area contributed by atoms with Gasteiger partial charge in [-0.2, -0.15) is 0 Å². The number of hydrogen-bond acceptors (Lipinski definition) is 2. The minimum absolute atomic E-state index is 0.0468. The van der Waals surface area contributed by atoms with Crippen molar-refractivity contribution in [3.05, 3.63) is 147 Å². The SMILES string of the molecule is Cc1cccc(C)c1N=C1c2ccccc2-c2ccccc2C1OB(c1c(F)c(F)c(F)c(F)c1F)c1c(F)c(F)c(F)c(F)c1F. The van der Waals surface area contributed by atoms with Gasteiger partial charge >= 0.3 is 6.92 Å². The number of hydrogen-bond donors (Lipinski definition) is 0. The monoisotopic (exact) mass is 657 g/mol. The van der Waals surface area contributed by atoms with Crippen molar-refractivity contribution in [3.8, 4) is 11.1 Å². The lowest BCUT2D eigenvalue weighted by atomic mass is 9.53. The van der Waals surface area contributed by atoms with Gasteiger partial charge in [0.15, 0.2) is 58.2 Å². The molecule has 0 N–H and O–H groups in total. The van der Waals surface area contributed by atoms with E-state index in [0.717, 1.165) is 0 Å². The molecule has 47 heavy (non-hydrogen) atoms. The highest BCUT2D eigenvalue weighted by Gasteiger charge is 2.44. The predicted octanol–water partition coefficient (Wildman–Crippen LogP) is 8.36. The molecule has 1 atom stereocenters. The van der Waals surface area contributed by atoms with Gasteiger partial charge in [0.1, 0.15) is 6.10 Å². The molecular weight excluding hydrogens is 639 g/mol. The molecule has 1 aliphatic rings. The molecule has 6 rings (SSSR count). The Bertz CT molecular complexity index is 1990. The lowest BCUT2D eigenvalue weighted by Crippen LogP contribution is -2.54. The first kappa shape index (κ1) is 32.1. The largest absolute Gasteiger partial charge is 0.414 e. The van der Waals surface area contributed by atoms with E-state index in [9.17, 15) is 26.3 Å². The molecule has 5 aromatic carbocycles. The van der Waals surface area contributed by atoms with Crippen molar-refractivity contribution in [1.82, 2.24) is 0 Å². The molecule has 0 saturated carbocycles. The second-order valence-electron chi connectivity index (χ2n) is 10.7. The van der Waals surface area contributed by atoms with Crippen LogP contribution in [0.4, 0.5) is 49.6 Å². The molecular formula is C34H18BF10NO. The number of rotatable bonds is 5. The second-order valence-corrected chi connectivity index (χ2v) is 10.7. The molecule has 0 radical (unpaired) electrons. The van der Waals surface area contributed by atoms with Crippen molar-refractivity contribution >= 4 is 29.2 Å². The highest BCUT2D eigenvalue weighted by Crippen LogP contribution is 2.42. The van der Waals surface area contributed by atoms with E-state index in [1.165, 1.54) is 12.1 Å². The van der Waals surface area contributed by atoms with Gasteiger partial charge in [-0.05, 0) is 41.7 Å². The molecule has 0 saturated heterocycles. The second kappa shape index (κ2) is 12.0. The number of nitrogens with zero attached hydrogens (tertiary/aromatic N) is 1. The fourth-order valence-electron chi connectivity index (χ4n) is 5.68. The third kappa shape index (κ3) is 5.09. The third-order valence-electron chi connectivity index (χ3n) is 7.94. The van der Waals surface area contributed by atoms with Gasteiger partial charge in [0.05, 0.1) is 11.4 Å². The van der Waals surface area contributed by atoms with Crippen LogP contribution in [0.25, 0.3) is 11.1 Å². The van der Waals surface area contributed by atoms with Crippen LogP contribution < -0.4 is 10.9 Å². The highest BCUT2D eigenvalue weighted by atomic mass is 19.2. The van der Waals surface area contributed by atoms with E-state index < -0.39 is 82.1 Å². The van der Waals surface area contributed by atoms with Crippen LogP contribution in [0.5, 0.6) is 0 Å². The predicted molar refractivity (Wildman–Crippen MR) is 155 cm³/mol. The Hall–Kier alpha value is -4.91. The maximum absolute atomic E-state index is 15.4. The highest BCUT2D eigenvalue weighted by molar-refractivity contribution is 6.80. The topological polar surface area (TPSA) is 21.6 Å². The summed E-state index contributed by atoms with van der Waals surface area (Å²) in [5.41, 5.74) is -0.865. The molecule has 0 amide bonds. The Kier molecular flexibility index (Phi) is 8.21. The summed E-state index contributed by atoms with van der Waals surface area (Å²) in [7, 11) is 0. The standard InChI is InChI=1S/C34H18BF10NO/c1-14-8-7-9-15(2)32(14)46-33-18-12-5-3-10-16(18)17-11-4-6-13-19(17)34(33)47-35(20-22(36)26(40)30(44)27(41)23(20)37)21-24(38)28(42)31(45)29(43)25(21)39/h3-13,34H,1-2H3. The van der Waals surface area contributed by atoms with Crippen LogP contribution in [0.3, 0.4) is 0 Å². The molecule has 0 bridgehead atoms. The van der Waals surface area contributed by atoms with Gasteiger partial charge in [-0.25, -0.2) is 48.9 Å². The lowest BCUT2D eigenvalue weighted by Gasteiger charge is -2.33. The van der Waals surface area contributed by atoms with Crippen molar-refractivity contribution < 1.29 is 48.6 Å². The summed E-state index contributed by atoms with van der Waals surface area (Å²) in [6, 6.07) is 17.9. The zero-order valence-electron chi connectivity index (χ0n) is 24.1. The van der Waals surface area contributed by atoms with Crippen LogP contribution in [0.1, 0.15) is 28.4 Å². The fourth-order valence-corrected chi connectivity index (χ4v) is 5.68. The lowest BCUT2D eigenvalue weighted by molar-refractivity contribution is 0.282. The van der Waals surface area contributed by atoms with Gasteiger partial charge in [-0.15, -0.1) is 0 Å². The first-order valence-electron chi connectivity index (χ1n) is 13.9. The van der Waals surface area contributed by atoms with Crippen LogP contribution in [-0.4, -0.2) is 12.6 Å². The van der Waals surface area contributed by atoms with Crippen molar-refractivity contribution in [2.45, 2.75) is 20.0 Å². The Morgan fingerprint density at radius 3 is 1.38 bits per heavy atom. The summed E-state index contributed by atoms with van der Waals surface area (Å²) in [6.07, 6.45) is -1.73. The molecule has 2 nitrogen and oxygen atoms in total. The van der Waals surface area contributed by atoms with E-state index >= 15 is 17.6 Å². The number of para-hydroxylation sites is 1. The number of fused-ring (bicyclic) bond motifs is 3. The van der Waals surface area contributed by atoms with Crippen molar-refractivity contribution in [1.29, 1.82) is 0 Å². The molecule has 5 aromatic rings. The van der Waals surface area contributed by atoms with Crippen LogP contribution in [0.2, 0.25) is 0 Å².